The third-order valence-corrected chi connectivity index (χ3v) is 7.71. The lowest BCUT2D eigenvalue weighted by Crippen LogP contribution is -1.93. The van der Waals surface area contributed by atoms with E-state index in [1.165, 1.54) is 66.0 Å². The first-order chi connectivity index (χ1) is 18.8. The second kappa shape index (κ2) is 8.22. The van der Waals surface area contributed by atoms with Crippen molar-refractivity contribution in [3.8, 4) is 22.5 Å². The fraction of sp³-hybridized carbons (Fsp3) is 0. The van der Waals surface area contributed by atoms with E-state index in [1.54, 1.807) is 0 Å². The molecule has 8 rings (SSSR count). The van der Waals surface area contributed by atoms with Gasteiger partial charge in [-0.05, 0) is 87.9 Å². The molecule has 0 radical (unpaired) electrons. The molecule has 2 heteroatoms. The topological polar surface area (TPSA) is 9.86 Å². The molecular formula is C36H24N2. The Balaban J connectivity index is 1.38. The van der Waals surface area contributed by atoms with Gasteiger partial charge >= 0.3 is 0 Å². The Morgan fingerprint density at radius 1 is 0.368 bits per heavy atom. The van der Waals surface area contributed by atoms with Crippen LogP contribution in [0.2, 0.25) is 0 Å². The molecule has 0 bridgehead atoms. The first-order valence-corrected chi connectivity index (χ1v) is 13.0. The minimum absolute atomic E-state index is 1.17. The number of aromatic nitrogens is 2. The molecule has 0 saturated heterocycles. The predicted molar refractivity (Wildman–Crippen MR) is 161 cm³/mol. The first kappa shape index (κ1) is 21.0. The predicted octanol–water partition coefficient (Wildman–Crippen LogP) is 9.55. The molecule has 2 heterocycles. The Bertz CT molecular complexity index is 2110. The van der Waals surface area contributed by atoms with Gasteiger partial charge in [0.15, 0.2) is 0 Å². The normalized spacial score (nSPS) is 11.7. The minimum atomic E-state index is 1.17. The summed E-state index contributed by atoms with van der Waals surface area (Å²) in [4.78, 5) is 0. The van der Waals surface area contributed by atoms with Crippen molar-refractivity contribution in [2.45, 2.75) is 0 Å². The van der Waals surface area contributed by atoms with Crippen LogP contribution in [-0.2, 0) is 0 Å². The highest BCUT2D eigenvalue weighted by molar-refractivity contribution is 6.14. The summed E-state index contributed by atoms with van der Waals surface area (Å²) in [5, 5.41) is 6.31. The molecule has 0 atom stereocenters. The summed E-state index contributed by atoms with van der Waals surface area (Å²) in [6.45, 7) is 0. The maximum absolute atomic E-state index is 2.39. The minimum Gasteiger partial charge on any atom is -0.317 e. The maximum atomic E-state index is 2.39. The fourth-order valence-electron chi connectivity index (χ4n) is 5.86. The molecule has 6 aromatic carbocycles. The summed E-state index contributed by atoms with van der Waals surface area (Å²) in [5.41, 5.74) is 8.46. The summed E-state index contributed by atoms with van der Waals surface area (Å²) in [7, 11) is 0. The van der Waals surface area contributed by atoms with E-state index in [0.29, 0.717) is 0 Å². The van der Waals surface area contributed by atoms with Gasteiger partial charge in [0.1, 0.15) is 0 Å². The first-order valence-electron chi connectivity index (χ1n) is 13.0. The van der Waals surface area contributed by atoms with Crippen LogP contribution in [0.1, 0.15) is 0 Å². The van der Waals surface area contributed by atoms with Crippen LogP contribution in [-0.4, -0.2) is 9.13 Å². The van der Waals surface area contributed by atoms with E-state index in [9.17, 15) is 0 Å². The van der Waals surface area contributed by atoms with E-state index in [2.05, 4.69) is 155 Å². The van der Waals surface area contributed by atoms with Gasteiger partial charge in [0.05, 0.1) is 16.6 Å². The van der Waals surface area contributed by atoms with Crippen LogP contribution in [0.5, 0.6) is 0 Å². The van der Waals surface area contributed by atoms with Crippen LogP contribution in [0.25, 0.3) is 66.0 Å². The molecule has 0 fully saturated rings. The Labute approximate surface area is 220 Å². The summed E-state index contributed by atoms with van der Waals surface area (Å²) >= 11 is 0. The molecule has 0 saturated carbocycles. The lowest BCUT2D eigenvalue weighted by Gasteiger charge is -2.09. The molecule has 8 aromatic rings. The van der Waals surface area contributed by atoms with Crippen molar-refractivity contribution in [2.24, 2.45) is 0 Å². The zero-order chi connectivity index (χ0) is 25.1. The van der Waals surface area contributed by atoms with Gasteiger partial charge in [-0.1, -0.05) is 78.9 Å². The SMILES string of the molecule is c1ccc(-n2ccc3ccc(-c4ccc5c(c4)c4cc6ccccc6cc4n5-c4ccccc4)cc32)cc1. The number of hydrogen-bond acceptors (Lipinski definition) is 0. The van der Waals surface area contributed by atoms with E-state index in [-0.39, 0.29) is 0 Å². The number of rotatable bonds is 3. The maximum Gasteiger partial charge on any atom is 0.0547 e. The molecule has 0 amide bonds. The van der Waals surface area contributed by atoms with Crippen LogP contribution < -0.4 is 0 Å². The molecule has 2 nitrogen and oxygen atoms in total. The van der Waals surface area contributed by atoms with Crippen LogP contribution in [0, 0.1) is 0 Å². The van der Waals surface area contributed by atoms with Crippen LogP contribution in [0.15, 0.2) is 146 Å². The molecule has 38 heavy (non-hydrogen) atoms. The van der Waals surface area contributed by atoms with E-state index in [4.69, 9.17) is 0 Å². The Hall–Kier alpha value is -5.08. The summed E-state index contributed by atoms with van der Waals surface area (Å²) in [5.74, 6) is 0. The third kappa shape index (κ3) is 3.21. The highest BCUT2D eigenvalue weighted by Gasteiger charge is 2.15. The Morgan fingerprint density at radius 3 is 1.79 bits per heavy atom. The third-order valence-electron chi connectivity index (χ3n) is 7.71. The molecule has 0 spiro atoms. The van der Waals surface area contributed by atoms with Gasteiger partial charge in [-0.2, -0.15) is 0 Å². The van der Waals surface area contributed by atoms with Gasteiger partial charge in [-0.25, -0.2) is 0 Å². The molecule has 0 aliphatic rings. The van der Waals surface area contributed by atoms with Crippen LogP contribution in [0.4, 0.5) is 0 Å². The largest absolute Gasteiger partial charge is 0.317 e. The Morgan fingerprint density at radius 2 is 1.00 bits per heavy atom. The van der Waals surface area contributed by atoms with Gasteiger partial charge < -0.3 is 9.13 Å². The van der Waals surface area contributed by atoms with Crippen LogP contribution >= 0.6 is 0 Å². The average Bonchev–Trinajstić information content (AvgIpc) is 3.55. The number of hydrogen-bond donors (Lipinski definition) is 0. The van der Waals surface area contributed by atoms with Gasteiger partial charge in [-0.3, -0.25) is 0 Å². The fourth-order valence-corrected chi connectivity index (χ4v) is 5.86. The lowest BCUT2D eigenvalue weighted by molar-refractivity contribution is 1.13. The van der Waals surface area contributed by atoms with Crippen molar-refractivity contribution in [1.29, 1.82) is 0 Å². The summed E-state index contributed by atoms with van der Waals surface area (Å²) < 4.78 is 4.66. The van der Waals surface area contributed by atoms with Gasteiger partial charge in [-0.15, -0.1) is 0 Å². The van der Waals surface area contributed by atoms with Gasteiger partial charge in [0.25, 0.3) is 0 Å². The van der Waals surface area contributed by atoms with Crippen LogP contribution in [0.3, 0.4) is 0 Å². The Kier molecular flexibility index (Phi) is 4.55. The molecule has 0 N–H and O–H groups in total. The quantitative estimate of drug-likeness (QED) is 0.236. The second-order valence-corrected chi connectivity index (χ2v) is 9.91. The molecular weight excluding hydrogens is 460 g/mol. The van der Waals surface area contributed by atoms with Crippen molar-refractivity contribution in [3.05, 3.63) is 146 Å². The highest BCUT2D eigenvalue weighted by atomic mass is 15.0. The zero-order valence-electron chi connectivity index (χ0n) is 20.8. The van der Waals surface area contributed by atoms with Gasteiger partial charge in [0.2, 0.25) is 0 Å². The molecule has 178 valence electrons. The van der Waals surface area contributed by atoms with Crippen molar-refractivity contribution in [3.63, 3.8) is 0 Å². The number of para-hydroxylation sites is 2. The van der Waals surface area contributed by atoms with Crippen molar-refractivity contribution < 1.29 is 0 Å². The van der Waals surface area contributed by atoms with Crippen molar-refractivity contribution >= 4 is 43.5 Å². The second-order valence-electron chi connectivity index (χ2n) is 9.91. The van der Waals surface area contributed by atoms with E-state index >= 15 is 0 Å². The lowest BCUT2D eigenvalue weighted by atomic mass is 10.0. The number of benzene rings is 6. The molecule has 0 aliphatic heterocycles. The average molecular weight is 485 g/mol. The van der Waals surface area contributed by atoms with Crippen molar-refractivity contribution in [1.82, 2.24) is 9.13 Å². The monoisotopic (exact) mass is 484 g/mol. The van der Waals surface area contributed by atoms with E-state index in [0.717, 1.165) is 0 Å². The van der Waals surface area contributed by atoms with Crippen molar-refractivity contribution in [2.75, 3.05) is 0 Å². The standard InChI is InChI=1S/C36H24N2/c1-3-11-30(12-4-1)37-20-19-25-15-16-29(23-35(25)37)28-17-18-34-32(22-28)33-21-26-9-7-8-10-27(26)24-36(33)38(34)31-13-5-2-6-14-31/h1-24H. The molecule has 0 unspecified atom stereocenters. The molecule has 2 aromatic heterocycles. The van der Waals surface area contributed by atoms with Gasteiger partial charge in [0, 0.05) is 28.3 Å². The summed E-state index contributed by atoms with van der Waals surface area (Å²) in [6, 6.07) is 50.4. The highest BCUT2D eigenvalue weighted by Crippen LogP contribution is 2.37. The smallest absolute Gasteiger partial charge is 0.0547 e. The number of nitrogens with zero attached hydrogens (tertiary/aromatic N) is 2. The summed E-state index contributed by atoms with van der Waals surface area (Å²) in [6.07, 6.45) is 2.16. The van der Waals surface area contributed by atoms with E-state index in [1.807, 2.05) is 0 Å². The zero-order valence-corrected chi connectivity index (χ0v) is 20.8. The number of fused-ring (bicyclic) bond motifs is 5. The molecule has 0 aliphatic carbocycles. The van der Waals surface area contributed by atoms with E-state index < -0.39 is 0 Å².